The normalized spacial score (nSPS) is 10.5. The third-order valence-corrected chi connectivity index (χ3v) is 4.30. The highest BCUT2D eigenvalue weighted by Gasteiger charge is 2.11. The summed E-state index contributed by atoms with van der Waals surface area (Å²) in [6.07, 6.45) is 0. The van der Waals surface area contributed by atoms with Gasteiger partial charge >= 0.3 is 0 Å². The predicted octanol–water partition coefficient (Wildman–Crippen LogP) is 4.36. The lowest BCUT2D eigenvalue weighted by molar-refractivity contribution is 0.102. The number of carbonyl (C=O) groups is 1. The average molecular weight is 350 g/mol. The van der Waals surface area contributed by atoms with E-state index in [2.05, 4.69) is 35.9 Å². The fraction of sp³-hybridized carbons (Fsp3) is 0.190. The van der Waals surface area contributed by atoms with Crippen LogP contribution >= 0.6 is 0 Å². The van der Waals surface area contributed by atoms with Gasteiger partial charge in [-0.05, 0) is 68.4 Å². The van der Waals surface area contributed by atoms with E-state index in [4.69, 9.17) is 9.47 Å². The van der Waals surface area contributed by atoms with Gasteiger partial charge in [-0.3, -0.25) is 4.79 Å². The van der Waals surface area contributed by atoms with E-state index in [-0.39, 0.29) is 5.91 Å². The van der Waals surface area contributed by atoms with Crippen LogP contribution in [0.5, 0.6) is 11.5 Å². The molecule has 0 radical (unpaired) electrons. The summed E-state index contributed by atoms with van der Waals surface area (Å²) in [5.41, 5.74) is 4.64. The number of nitrogens with zero attached hydrogens (tertiary/aromatic N) is 1. The Morgan fingerprint density at radius 1 is 0.846 bits per heavy atom. The molecule has 0 aliphatic rings. The van der Waals surface area contributed by atoms with E-state index in [0.29, 0.717) is 17.1 Å². The summed E-state index contributed by atoms with van der Waals surface area (Å²) in [5.74, 6) is 0.909. The topological polar surface area (TPSA) is 52.5 Å². The molecule has 0 fully saturated rings. The standard InChI is InChI=1S/C21H22N2O3/c1-14-5-6-15(2)23(14)18-10-8-17(9-11-18)22-21(24)16-7-12-19(25-3)20(13-16)26-4/h5-13H,1-4H3,(H,22,24). The molecule has 1 N–H and O–H groups in total. The maximum absolute atomic E-state index is 12.5. The van der Waals surface area contributed by atoms with Crippen molar-refractivity contribution < 1.29 is 14.3 Å². The number of methoxy groups -OCH3 is 2. The van der Waals surface area contributed by atoms with E-state index in [9.17, 15) is 4.79 Å². The summed E-state index contributed by atoms with van der Waals surface area (Å²) in [6.45, 7) is 4.14. The van der Waals surface area contributed by atoms with Gasteiger partial charge in [-0.25, -0.2) is 0 Å². The van der Waals surface area contributed by atoms with Gasteiger partial charge in [0.15, 0.2) is 11.5 Å². The van der Waals surface area contributed by atoms with Crippen molar-refractivity contribution in [2.24, 2.45) is 0 Å². The first-order valence-electron chi connectivity index (χ1n) is 8.32. The third kappa shape index (κ3) is 3.42. The van der Waals surface area contributed by atoms with Crippen molar-refractivity contribution in [2.75, 3.05) is 19.5 Å². The number of ether oxygens (including phenoxy) is 2. The van der Waals surface area contributed by atoms with Crippen LogP contribution in [-0.2, 0) is 0 Å². The Kier molecular flexibility index (Phi) is 4.98. The number of nitrogens with one attached hydrogen (secondary N) is 1. The average Bonchev–Trinajstić information content (AvgIpc) is 3.00. The number of carbonyl (C=O) groups excluding carboxylic acids is 1. The SMILES string of the molecule is COc1ccc(C(=O)Nc2ccc(-n3c(C)ccc3C)cc2)cc1OC. The van der Waals surface area contributed by atoms with Gasteiger partial charge in [0.05, 0.1) is 14.2 Å². The molecule has 0 aliphatic carbocycles. The first-order chi connectivity index (χ1) is 12.5. The minimum absolute atomic E-state index is 0.202. The van der Waals surface area contributed by atoms with Gasteiger partial charge in [0.25, 0.3) is 5.91 Å². The lowest BCUT2D eigenvalue weighted by atomic mass is 10.1. The predicted molar refractivity (Wildman–Crippen MR) is 103 cm³/mol. The Bertz CT molecular complexity index is 907. The van der Waals surface area contributed by atoms with Crippen LogP contribution in [0.4, 0.5) is 5.69 Å². The van der Waals surface area contributed by atoms with Crippen LogP contribution in [0, 0.1) is 13.8 Å². The molecule has 0 saturated heterocycles. The van der Waals surface area contributed by atoms with Gasteiger partial charge in [0.2, 0.25) is 0 Å². The van der Waals surface area contributed by atoms with Crippen LogP contribution in [0.3, 0.4) is 0 Å². The van der Waals surface area contributed by atoms with Crippen molar-refractivity contribution in [3.05, 3.63) is 71.5 Å². The van der Waals surface area contributed by atoms with E-state index in [0.717, 1.165) is 11.4 Å². The Labute approximate surface area is 153 Å². The smallest absolute Gasteiger partial charge is 0.255 e. The molecule has 5 nitrogen and oxygen atoms in total. The summed E-state index contributed by atoms with van der Waals surface area (Å²) in [4.78, 5) is 12.5. The van der Waals surface area contributed by atoms with E-state index in [1.165, 1.54) is 11.4 Å². The fourth-order valence-corrected chi connectivity index (χ4v) is 2.95. The zero-order valence-electron chi connectivity index (χ0n) is 15.4. The van der Waals surface area contributed by atoms with Gasteiger partial charge in [-0.2, -0.15) is 0 Å². The van der Waals surface area contributed by atoms with E-state index in [1.807, 2.05) is 24.3 Å². The number of aromatic nitrogens is 1. The number of rotatable bonds is 5. The number of benzene rings is 2. The Morgan fingerprint density at radius 3 is 2.04 bits per heavy atom. The number of aryl methyl sites for hydroxylation is 2. The van der Waals surface area contributed by atoms with E-state index >= 15 is 0 Å². The Morgan fingerprint density at radius 2 is 1.46 bits per heavy atom. The molecule has 0 aliphatic heterocycles. The summed E-state index contributed by atoms with van der Waals surface area (Å²) < 4.78 is 12.6. The van der Waals surface area contributed by atoms with Crippen LogP contribution in [0.15, 0.2) is 54.6 Å². The quantitative estimate of drug-likeness (QED) is 0.744. The second kappa shape index (κ2) is 7.35. The number of amides is 1. The van der Waals surface area contributed by atoms with Gasteiger partial charge < -0.3 is 19.4 Å². The van der Waals surface area contributed by atoms with Crippen LogP contribution in [-0.4, -0.2) is 24.7 Å². The molecule has 0 spiro atoms. The molecular weight excluding hydrogens is 328 g/mol. The summed E-state index contributed by atoms with van der Waals surface area (Å²) in [6, 6.07) is 17.0. The molecule has 2 aromatic carbocycles. The zero-order chi connectivity index (χ0) is 18.7. The summed E-state index contributed by atoms with van der Waals surface area (Å²) in [5, 5.41) is 2.90. The van der Waals surface area contributed by atoms with Gasteiger partial charge in [-0.15, -0.1) is 0 Å². The first-order valence-corrected chi connectivity index (χ1v) is 8.32. The minimum atomic E-state index is -0.202. The lowest BCUT2D eigenvalue weighted by Crippen LogP contribution is -2.12. The molecule has 1 aromatic heterocycles. The van der Waals surface area contributed by atoms with E-state index < -0.39 is 0 Å². The second-order valence-electron chi connectivity index (χ2n) is 6.02. The number of hydrogen-bond donors (Lipinski definition) is 1. The van der Waals surface area contributed by atoms with Crippen molar-refractivity contribution >= 4 is 11.6 Å². The second-order valence-corrected chi connectivity index (χ2v) is 6.02. The van der Waals surface area contributed by atoms with Crippen molar-refractivity contribution in [3.8, 4) is 17.2 Å². The van der Waals surface area contributed by atoms with Gasteiger partial charge in [0, 0.05) is 28.3 Å². The first kappa shape index (κ1) is 17.6. The third-order valence-electron chi connectivity index (χ3n) is 4.30. The Balaban J connectivity index is 1.78. The van der Waals surface area contributed by atoms with Gasteiger partial charge in [0.1, 0.15) is 0 Å². The number of hydrogen-bond acceptors (Lipinski definition) is 3. The van der Waals surface area contributed by atoms with Gasteiger partial charge in [-0.1, -0.05) is 0 Å². The minimum Gasteiger partial charge on any atom is -0.493 e. The van der Waals surface area contributed by atoms with Crippen LogP contribution in [0.25, 0.3) is 5.69 Å². The van der Waals surface area contributed by atoms with Crippen molar-refractivity contribution in [3.63, 3.8) is 0 Å². The highest BCUT2D eigenvalue weighted by Crippen LogP contribution is 2.28. The number of anilines is 1. The largest absolute Gasteiger partial charge is 0.493 e. The van der Waals surface area contributed by atoms with Crippen LogP contribution < -0.4 is 14.8 Å². The van der Waals surface area contributed by atoms with Crippen LogP contribution in [0.1, 0.15) is 21.7 Å². The fourth-order valence-electron chi connectivity index (χ4n) is 2.95. The molecule has 0 unspecified atom stereocenters. The molecule has 3 rings (SSSR count). The molecule has 134 valence electrons. The summed E-state index contributed by atoms with van der Waals surface area (Å²) in [7, 11) is 3.11. The molecule has 5 heteroatoms. The molecule has 0 bridgehead atoms. The molecule has 26 heavy (non-hydrogen) atoms. The highest BCUT2D eigenvalue weighted by atomic mass is 16.5. The molecule has 0 saturated carbocycles. The zero-order valence-corrected chi connectivity index (χ0v) is 15.4. The molecule has 3 aromatic rings. The molecule has 0 atom stereocenters. The van der Waals surface area contributed by atoms with Crippen LogP contribution in [0.2, 0.25) is 0 Å². The Hall–Kier alpha value is -3.21. The molecule has 1 heterocycles. The molecular formula is C21H22N2O3. The highest BCUT2D eigenvalue weighted by molar-refractivity contribution is 6.04. The maximum Gasteiger partial charge on any atom is 0.255 e. The maximum atomic E-state index is 12.5. The molecule has 1 amide bonds. The van der Waals surface area contributed by atoms with E-state index in [1.54, 1.807) is 32.4 Å². The lowest BCUT2D eigenvalue weighted by Gasteiger charge is -2.12. The van der Waals surface area contributed by atoms with Crippen molar-refractivity contribution in [1.82, 2.24) is 4.57 Å². The monoisotopic (exact) mass is 350 g/mol. The van der Waals surface area contributed by atoms with Crippen molar-refractivity contribution in [2.45, 2.75) is 13.8 Å². The summed E-state index contributed by atoms with van der Waals surface area (Å²) >= 11 is 0. The van der Waals surface area contributed by atoms with Crippen molar-refractivity contribution in [1.29, 1.82) is 0 Å².